The highest BCUT2D eigenvalue weighted by molar-refractivity contribution is 7.80. The Morgan fingerprint density at radius 3 is 2.50 bits per heavy atom. The van der Waals surface area contributed by atoms with Crippen LogP contribution in [0.2, 0.25) is 0 Å². The number of phenolic OH excluding ortho intramolecular Hbond substituents is 1. The van der Waals surface area contributed by atoms with Gasteiger partial charge in [-0.1, -0.05) is 6.07 Å². The van der Waals surface area contributed by atoms with Gasteiger partial charge < -0.3 is 9.52 Å². The van der Waals surface area contributed by atoms with Crippen LogP contribution in [0, 0.1) is 0 Å². The van der Waals surface area contributed by atoms with Crippen LogP contribution in [0.5, 0.6) is 5.75 Å². The molecule has 90 valence electrons. The number of benzene rings is 2. The molecule has 3 nitrogen and oxygen atoms in total. The number of hydrogen-bond acceptors (Lipinski definition) is 5. The van der Waals surface area contributed by atoms with Gasteiger partial charge in [0.2, 0.25) is 5.43 Å². The van der Waals surface area contributed by atoms with Crippen LogP contribution in [0.3, 0.4) is 0 Å². The molecule has 0 unspecified atom stereocenters. The fourth-order valence-electron chi connectivity index (χ4n) is 1.90. The molecule has 1 N–H and O–H groups in total. The summed E-state index contributed by atoms with van der Waals surface area (Å²) in [5.41, 5.74) is 0.522. The molecule has 0 atom stereocenters. The Morgan fingerprint density at radius 2 is 1.72 bits per heavy atom. The molecule has 0 amide bonds. The SMILES string of the molecule is O=c1c2cccc(S)c2oc2c(S)c(O)ccc12. The molecule has 3 rings (SSSR count). The molecule has 5 heteroatoms. The molecule has 0 fully saturated rings. The molecule has 0 bridgehead atoms. The standard InChI is InChI=1S/C13H8O3S2/c14-8-5-4-7-10(15)6-2-1-3-9(17)11(6)16-12(7)13(8)18/h1-5,14,17-18H. The Kier molecular flexibility index (Phi) is 2.53. The zero-order valence-corrected chi connectivity index (χ0v) is 10.8. The van der Waals surface area contributed by atoms with Crippen LogP contribution in [-0.4, -0.2) is 5.11 Å². The summed E-state index contributed by atoms with van der Waals surface area (Å²) in [7, 11) is 0. The Hall–Kier alpha value is -1.59. The number of thiol groups is 2. The predicted molar refractivity (Wildman–Crippen MR) is 76.2 cm³/mol. The third kappa shape index (κ3) is 1.51. The molecule has 2 aromatic carbocycles. The summed E-state index contributed by atoms with van der Waals surface area (Å²) < 4.78 is 5.66. The number of fused-ring (bicyclic) bond motifs is 2. The second-order valence-electron chi connectivity index (χ2n) is 3.89. The minimum Gasteiger partial charge on any atom is -0.507 e. The molecule has 0 saturated carbocycles. The third-order valence-corrected chi connectivity index (χ3v) is 3.58. The monoisotopic (exact) mass is 276 g/mol. The molecule has 3 aromatic rings. The lowest BCUT2D eigenvalue weighted by Crippen LogP contribution is -2.02. The maximum absolute atomic E-state index is 12.3. The van der Waals surface area contributed by atoms with Crippen molar-refractivity contribution in [3.05, 3.63) is 40.6 Å². The second-order valence-corrected chi connectivity index (χ2v) is 4.82. The van der Waals surface area contributed by atoms with E-state index in [-0.39, 0.29) is 21.7 Å². The minimum absolute atomic E-state index is 0.0232. The molecule has 1 heterocycles. The Labute approximate surface area is 113 Å². The summed E-state index contributed by atoms with van der Waals surface area (Å²) in [5, 5.41) is 10.5. The number of aromatic hydroxyl groups is 1. The largest absolute Gasteiger partial charge is 0.507 e. The van der Waals surface area contributed by atoms with Gasteiger partial charge in [-0.3, -0.25) is 4.79 Å². The van der Waals surface area contributed by atoms with Crippen molar-refractivity contribution >= 4 is 47.2 Å². The number of phenols is 1. The van der Waals surface area contributed by atoms with Gasteiger partial charge in [-0.05, 0) is 24.3 Å². The number of rotatable bonds is 0. The van der Waals surface area contributed by atoms with Crippen molar-refractivity contribution in [1.29, 1.82) is 0 Å². The van der Waals surface area contributed by atoms with E-state index in [4.69, 9.17) is 4.42 Å². The van der Waals surface area contributed by atoms with Crippen LogP contribution >= 0.6 is 25.3 Å². The zero-order chi connectivity index (χ0) is 12.9. The first-order valence-corrected chi connectivity index (χ1v) is 6.08. The summed E-state index contributed by atoms with van der Waals surface area (Å²) >= 11 is 8.43. The Bertz CT molecular complexity index is 837. The summed E-state index contributed by atoms with van der Waals surface area (Å²) in [6.45, 7) is 0. The lowest BCUT2D eigenvalue weighted by atomic mass is 10.1. The van der Waals surface area contributed by atoms with E-state index in [0.29, 0.717) is 21.3 Å². The van der Waals surface area contributed by atoms with Crippen LogP contribution in [0.4, 0.5) is 0 Å². The van der Waals surface area contributed by atoms with E-state index >= 15 is 0 Å². The maximum atomic E-state index is 12.3. The fourth-order valence-corrected chi connectivity index (χ4v) is 2.39. The van der Waals surface area contributed by atoms with E-state index in [0.717, 1.165) is 0 Å². The van der Waals surface area contributed by atoms with Crippen molar-refractivity contribution in [3.63, 3.8) is 0 Å². The van der Waals surface area contributed by atoms with Crippen LogP contribution < -0.4 is 5.43 Å². The van der Waals surface area contributed by atoms with E-state index in [1.54, 1.807) is 18.2 Å². The van der Waals surface area contributed by atoms with Gasteiger partial charge in [-0.2, -0.15) is 0 Å². The molecular weight excluding hydrogens is 268 g/mol. The topological polar surface area (TPSA) is 50.4 Å². The van der Waals surface area contributed by atoms with Crippen molar-refractivity contribution in [2.75, 3.05) is 0 Å². The van der Waals surface area contributed by atoms with Crippen LogP contribution in [0.15, 0.2) is 49.3 Å². The molecule has 1 aromatic heterocycles. The highest BCUT2D eigenvalue weighted by Gasteiger charge is 2.13. The first-order valence-electron chi connectivity index (χ1n) is 5.19. The summed E-state index contributed by atoms with van der Waals surface area (Å²) in [4.78, 5) is 13.1. The average molecular weight is 276 g/mol. The summed E-state index contributed by atoms with van der Waals surface area (Å²) in [6.07, 6.45) is 0. The van der Waals surface area contributed by atoms with Crippen molar-refractivity contribution in [3.8, 4) is 5.75 Å². The molecule has 0 aliphatic rings. The van der Waals surface area contributed by atoms with Crippen LogP contribution in [0.25, 0.3) is 21.9 Å². The molecule has 18 heavy (non-hydrogen) atoms. The fraction of sp³-hybridized carbons (Fsp3) is 0. The van der Waals surface area contributed by atoms with Gasteiger partial charge in [0.1, 0.15) is 5.75 Å². The van der Waals surface area contributed by atoms with Gasteiger partial charge in [0.25, 0.3) is 0 Å². The normalized spacial score (nSPS) is 11.2. The van der Waals surface area contributed by atoms with Gasteiger partial charge >= 0.3 is 0 Å². The first kappa shape index (κ1) is 11.5. The smallest absolute Gasteiger partial charge is 0.200 e. The van der Waals surface area contributed by atoms with Crippen molar-refractivity contribution in [2.24, 2.45) is 0 Å². The number of para-hydroxylation sites is 1. The summed E-state index contributed by atoms with van der Waals surface area (Å²) in [6, 6.07) is 8.13. The third-order valence-electron chi connectivity index (χ3n) is 2.80. The van der Waals surface area contributed by atoms with E-state index in [1.165, 1.54) is 12.1 Å². The molecular formula is C13H8O3S2. The molecule has 0 radical (unpaired) electrons. The lowest BCUT2D eigenvalue weighted by molar-refractivity contribution is 0.461. The molecule has 0 aliphatic carbocycles. The van der Waals surface area contributed by atoms with Gasteiger partial charge in [-0.25, -0.2) is 0 Å². The first-order chi connectivity index (χ1) is 8.59. The van der Waals surface area contributed by atoms with E-state index in [1.807, 2.05) is 0 Å². The average Bonchev–Trinajstić information content (AvgIpc) is 2.36. The Morgan fingerprint density at radius 1 is 1.00 bits per heavy atom. The maximum Gasteiger partial charge on any atom is 0.200 e. The number of hydrogen-bond donors (Lipinski definition) is 3. The Balaban J connectivity index is 2.66. The molecule has 0 saturated heterocycles. The zero-order valence-electron chi connectivity index (χ0n) is 9.04. The van der Waals surface area contributed by atoms with Gasteiger partial charge in [-0.15, -0.1) is 25.3 Å². The van der Waals surface area contributed by atoms with Crippen molar-refractivity contribution < 1.29 is 9.52 Å². The van der Waals surface area contributed by atoms with Crippen molar-refractivity contribution in [2.45, 2.75) is 9.79 Å². The minimum atomic E-state index is -0.155. The van der Waals surface area contributed by atoms with E-state index < -0.39 is 0 Å². The van der Waals surface area contributed by atoms with E-state index in [9.17, 15) is 9.90 Å². The summed E-state index contributed by atoms with van der Waals surface area (Å²) in [5.74, 6) is -0.0232. The lowest BCUT2D eigenvalue weighted by Gasteiger charge is -2.06. The highest BCUT2D eigenvalue weighted by atomic mass is 32.1. The second kappa shape index (κ2) is 3.96. The van der Waals surface area contributed by atoms with Crippen LogP contribution in [-0.2, 0) is 0 Å². The highest BCUT2D eigenvalue weighted by Crippen LogP contribution is 2.32. The van der Waals surface area contributed by atoms with Gasteiger partial charge in [0.15, 0.2) is 11.2 Å². The van der Waals surface area contributed by atoms with E-state index in [2.05, 4.69) is 25.3 Å². The quantitative estimate of drug-likeness (QED) is 0.436. The van der Waals surface area contributed by atoms with Crippen molar-refractivity contribution in [1.82, 2.24) is 0 Å². The molecule has 0 aliphatic heterocycles. The van der Waals surface area contributed by atoms with Gasteiger partial charge in [0, 0.05) is 4.90 Å². The van der Waals surface area contributed by atoms with Crippen LogP contribution in [0.1, 0.15) is 0 Å². The predicted octanol–water partition coefficient (Wildman–Crippen LogP) is 3.23. The van der Waals surface area contributed by atoms with Gasteiger partial charge in [0.05, 0.1) is 15.7 Å². The molecule has 0 spiro atoms.